The maximum Gasteiger partial charge on any atom is 0.140 e. The van der Waals surface area contributed by atoms with Gasteiger partial charge in [-0.15, -0.1) is 11.3 Å². The lowest BCUT2D eigenvalue weighted by Gasteiger charge is -2.14. The van der Waals surface area contributed by atoms with E-state index >= 15 is 0 Å². The van der Waals surface area contributed by atoms with Crippen LogP contribution in [-0.4, -0.2) is 11.5 Å². The molecule has 4 heteroatoms. The lowest BCUT2D eigenvalue weighted by Crippen LogP contribution is -2.19. The van der Waals surface area contributed by atoms with Crippen LogP contribution in [0.15, 0.2) is 23.6 Å². The first-order valence-electron chi connectivity index (χ1n) is 7.67. The number of benzene rings is 1. The van der Waals surface area contributed by atoms with Crippen molar-refractivity contribution in [2.75, 3.05) is 6.54 Å². The van der Waals surface area contributed by atoms with Crippen molar-refractivity contribution in [1.82, 2.24) is 10.3 Å². The van der Waals surface area contributed by atoms with Crippen LogP contribution in [0.3, 0.4) is 0 Å². The van der Waals surface area contributed by atoms with Crippen LogP contribution in [0.4, 0.5) is 0 Å². The zero-order valence-corrected chi connectivity index (χ0v) is 13.5. The number of hydrogen-bond donors (Lipinski definition) is 1. The molecule has 3 rings (SSSR count). The fraction of sp³-hybridized carbons (Fsp3) is 0.471. The van der Waals surface area contributed by atoms with E-state index in [-0.39, 0.29) is 0 Å². The molecule has 0 radical (unpaired) electrons. The van der Waals surface area contributed by atoms with E-state index < -0.39 is 0 Å². The fourth-order valence-corrected chi connectivity index (χ4v) is 3.58. The van der Waals surface area contributed by atoms with Crippen molar-refractivity contribution in [1.29, 1.82) is 0 Å². The molecule has 0 aliphatic heterocycles. The molecular formula is C17H22N2OS. The molecule has 1 aliphatic carbocycles. The van der Waals surface area contributed by atoms with Crippen molar-refractivity contribution in [2.45, 2.75) is 45.8 Å². The first kappa shape index (κ1) is 14.5. The van der Waals surface area contributed by atoms with Gasteiger partial charge in [-0.25, -0.2) is 4.98 Å². The molecule has 1 atom stereocenters. The van der Waals surface area contributed by atoms with Crippen molar-refractivity contribution in [3.8, 4) is 5.75 Å². The summed E-state index contributed by atoms with van der Waals surface area (Å²) in [7, 11) is 0. The van der Waals surface area contributed by atoms with Gasteiger partial charge in [0.15, 0.2) is 0 Å². The van der Waals surface area contributed by atoms with Gasteiger partial charge in [-0.1, -0.05) is 19.1 Å². The van der Waals surface area contributed by atoms with Gasteiger partial charge in [-0.05, 0) is 49.9 Å². The highest BCUT2D eigenvalue weighted by molar-refractivity contribution is 7.09. The Labute approximate surface area is 130 Å². The summed E-state index contributed by atoms with van der Waals surface area (Å²) in [6.45, 7) is 5.87. The molecule has 3 nitrogen and oxygen atoms in total. The number of fused-ring (bicyclic) bond motifs is 1. The Morgan fingerprint density at radius 1 is 1.43 bits per heavy atom. The molecule has 21 heavy (non-hydrogen) atoms. The molecule has 1 heterocycles. The molecule has 0 bridgehead atoms. The normalized spacial score (nSPS) is 17.0. The molecule has 1 unspecified atom stereocenters. The van der Waals surface area contributed by atoms with Crippen LogP contribution in [-0.2, 0) is 13.0 Å². The standard InChI is InChI=1S/C17H22N2OS/c1-3-9-18-15-8-7-14-13(15)5-4-6-16(14)20-10-17-19-12(2)11-21-17/h4-6,11,15,18H,3,7-10H2,1-2H3. The van der Waals surface area contributed by atoms with Gasteiger partial charge in [-0.2, -0.15) is 0 Å². The molecule has 0 amide bonds. The first-order chi connectivity index (χ1) is 10.3. The Hall–Kier alpha value is -1.39. The van der Waals surface area contributed by atoms with Crippen molar-refractivity contribution in [3.63, 3.8) is 0 Å². The number of aromatic nitrogens is 1. The molecule has 1 aromatic heterocycles. The minimum atomic E-state index is 0.491. The Balaban J connectivity index is 1.71. The highest BCUT2D eigenvalue weighted by Gasteiger charge is 2.24. The molecule has 0 saturated heterocycles. The van der Waals surface area contributed by atoms with Crippen LogP contribution in [0.1, 0.15) is 47.6 Å². The highest BCUT2D eigenvalue weighted by atomic mass is 32.1. The van der Waals surface area contributed by atoms with E-state index in [0.717, 1.165) is 29.4 Å². The van der Waals surface area contributed by atoms with E-state index in [1.165, 1.54) is 24.0 Å². The third-order valence-electron chi connectivity index (χ3n) is 3.89. The molecule has 0 spiro atoms. The van der Waals surface area contributed by atoms with Gasteiger partial charge in [0.2, 0.25) is 0 Å². The van der Waals surface area contributed by atoms with E-state index in [0.29, 0.717) is 12.6 Å². The second kappa shape index (κ2) is 6.58. The average Bonchev–Trinajstić information content (AvgIpc) is 3.09. The first-order valence-corrected chi connectivity index (χ1v) is 8.55. The van der Waals surface area contributed by atoms with Gasteiger partial charge in [0, 0.05) is 17.1 Å². The van der Waals surface area contributed by atoms with E-state index in [1.54, 1.807) is 11.3 Å². The van der Waals surface area contributed by atoms with Gasteiger partial charge >= 0.3 is 0 Å². The minimum Gasteiger partial charge on any atom is -0.486 e. The number of nitrogens with one attached hydrogen (secondary N) is 1. The summed E-state index contributed by atoms with van der Waals surface area (Å²) in [6.07, 6.45) is 3.45. The summed E-state index contributed by atoms with van der Waals surface area (Å²) < 4.78 is 6.02. The quantitative estimate of drug-likeness (QED) is 0.875. The van der Waals surface area contributed by atoms with Crippen LogP contribution in [0.2, 0.25) is 0 Å². The topological polar surface area (TPSA) is 34.1 Å². The lowest BCUT2D eigenvalue weighted by molar-refractivity contribution is 0.302. The monoisotopic (exact) mass is 302 g/mol. The SMILES string of the molecule is CCCNC1CCc2c(OCc3nc(C)cs3)cccc21. The Morgan fingerprint density at radius 3 is 3.10 bits per heavy atom. The van der Waals surface area contributed by atoms with E-state index in [2.05, 4.69) is 40.8 Å². The zero-order chi connectivity index (χ0) is 14.7. The molecule has 112 valence electrons. The number of thiazole rings is 1. The molecule has 1 aliphatic rings. The van der Waals surface area contributed by atoms with Gasteiger partial charge in [0.1, 0.15) is 17.4 Å². The predicted octanol–water partition coefficient (Wildman–Crippen LogP) is 4.02. The van der Waals surface area contributed by atoms with Gasteiger partial charge in [-0.3, -0.25) is 0 Å². The van der Waals surface area contributed by atoms with Crippen LogP contribution in [0, 0.1) is 6.92 Å². The highest BCUT2D eigenvalue weighted by Crippen LogP contribution is 2.37. The largest absolute Gasteiger partial charge is 0.486 e. The summed E-state index contributed by atoms with van der Waals surface area (Å²) in [4.78, 5) is 4.46. The molecular weight excluding hydrogens is 280 g/mol. The second-order valence-corrected chi connectivity index (χ2v) is 6.48. The van der Waals surface area contributed by atoms with E-state index in [4.69, 9.17) is 4.74 Å². The summed E-state index contributed by atoms with van der Waals surface area (Å²) >= 11 is 1.67. The zero-order valence-electron chi connectivity index (χ0n) is 12.7. The van der Waals surface area contributed by atoms with Crippen molar-refractivity contribution >= 4 is 11.3 Å². The average molecular weight is 302 g/mol. The third-order valence-corrected chi connectivity index (χ3v) is 4.83. The Morgan fingerprint density at radius 2 is 2.33 bits per heavy atom. The molecule has 1 N–H and O–H groups in total. The Bertz CT molecular complexity index is 609. The molecule has 0 saturated carbocycles. The van der Waals surface area contributed by atoms with Crippen molar-refractivity contribution in [2.24, 2.45) is 0 Å². The van der Waals surface area contributed by atoms with Crippen LogP contribution in [0.25, 0.3) is 0 Å². The summed E-state index contributed by atoms with van der Waals surface area (Å²) in [5.41, 5.74) is 3.86. The van der Waals surface area contributed by atoms with Crippen molar-refractivity contribution < 1.29 is 4.74 Å². The number of hydrogen-bond acceptors (Lipinski definition) is 4. The number of aryl methyl sites for hydroxylation is 1. The van der Waals surface area contributed by atoms with Crippen molar-refractivity contribution in [3.05, 3.63) is 45.4 Å². The second-order valence-electron chi connectivity index (χ2n) is 5.54. The lowest BCUT2D eigenvalue weighted by atomic mass is 10.1. The number of nitrogens with zero attached hydrogens (tertiary/aromatic N) is 1. The third kappa shape index (κ3) is 3.27. The molecule has 2 aromatic rings. The van der Waals surface area contributed by atoms with Crippen LogP contribution >= 0.6 is 11.3 Å². The molecule has 1 aromatic carbocycles. The van der Waals surface area contributed by atoms with Gasteiger partial charge in [0.25, 0.3) is 0 Å². The van der Waals surface area contributed by atoms with Crippen LogP contribution in [0.5, 0.6) is 5.75 Å². The predicted molar refractivity (Wildman–Crippen MR) is 87.0 cm³/mol. The number of ether oxygens (including phenoxy) is 1. The summed E-state index contributed by atoms with van der Waals surface area (Å²) in [5, 5.41) is 6.74. The van der Waals surface area contributed by atoms with Gasteiger partial charge in [0.05, 0.1) is 0 Å². The molecule has 0 fully saturated rings. The summed E-state index contributed by atoms with van der Waals surface area (Å²) in [6, 6.07) is 6.91. The van der Waals surface area contributed by atoms with E-state index in [9.17, 15) is 0 Å². The van der Waals surface area contributed by atoms with Gasteiger partial charge < -0.3 is 10.1 Å². The van der Waals surface area contributed by atoms with E-state index in [1.807, 2.05) is 6.92 Å². The Kier molecular flexibility index (Phi) is 4.56. The number of rotatable bonds is 6. The maximum atomic E-state index is 6.02. The maximum absolute atomic E-state index is 6.02. The smallest absolute Gasteiger partial charge is 0.140 e. The minimum absolute atomic E-state index is 0.491. The van der Waals surface area contributed by atoms with Crippen LogP contribution < -0.4 is 10.1 Å². The summed E-state index contributed by atoms with van der Waals surface area (Å²) in [5.74, 6) is 1.03. The fourth-order valence-electron chi connectivity index (χ4n) is 2.90.